The molecule has 0 aromatic heterocycles. The molecule has 1 atom stereocenters. The zero-order valence-electron chi connectivity index (χ0n) is 16.8. The van der Waals surface area contributed by atoms with Crippen molar-refractivity contribution in [2.45, 2.75) is 12.5 Å². The van der Waals surface area contributed by atoms with Gasteiger partial charge in [0.05, 0.1) is 43.9 Å². The van der Waals surface area contributed by atoms with Crippen molar-refractivity contribution in [3.63, 3.8) is 0 Å². The molecule has 0 saturated carbocycles. The van der Waals surface area contributed by atoms with E-state index in [1.807, 2.05) is 30.3 Å². The van der Waals surface area contributed by atoms with Gasteiger partial charge in [0, 0.05) is 6.42 Å². The van der Waals surface area contributed by atoms with Gasteiger partial charge in [-0.25, -0.2) is 0 Å². The van der Waals surface area contributed by atoms with Crippen LogP contribution in [0.1, 0.15) is 26.3 Å². The van der Waals surface area contributed by atoms with Gasteiger partial charge in [-0.1, -0.05) is 42.5 Å². The van der Waals surface area contributed by atoms with E-state index in [4.69, 9.17) is 5.11 Å². The van der Waals surface area contributed by atoms with Crippen LogP contribution in [-0.2, 0) is 11.2 Å². The number of quaternary nitrogens is 1. The van der Waals surface area contributed by atoms with E-state index < -0.39 is 17.9 Å². The molecule has 3 amide bonds. The third kappa shape index (κ3) is 3.86. The van der Waals surface area contributed by atoms with Crippen LogP contribution in [0.3, 0.4) is 0 Å². The largest absolute Gasteiger partial charge is 0.391 e. The SMILES string of the molecule is O=C([C@H](Cc1ccccc1)N1C(=O)c2ccccc2C1=O)N1CC[NH+](CCO)CC1. The summed E-state index contributed by atoms with van der Waals surface area (Å²) in [6, 6.07) is 15.3. The van der Waals surface area contributed by atoms with Crippen molar-refractivity contribution < 1.29 is 24.4 Å². The molecular formula is C23H26N3O4+. The summed E-state index contributed by atoms with van der Waals surface area (Å²) in [6.45, 7) is 3.35. The molecule has 2 heterocycles. The molecule has 0 radical (unpaired) electrons. The smallest absolute Gasteiger partial charge is 0.262 e. The lowest BCUT2D eigenvalue weighted by Crippen LogP contribution is -3.15. The molecule has 0 unspecified atom stereocenters. The van der Waals surface area contributed by atoms with Crippen molar-refractivity contribution in [3.05, 3.63) is 71.3 Å². The predicted molar refractivity (Wildman–Crippen MR) is 110 cm³/mol. The fourth-order valence-corrected chi connectivity index (χ4v) is 4.28. The first kappa shape index (κ1) is 20.3. The van der Waals surface area contributed by atoms with Gasteiger partial charge >= 0.3 is 0 Å². The first-order chi connectivity index (χ1) is 14.6. The highest BCUT2D eigenvalue weighted by molar-refractivity contribution is 6.22. The summed E-state index contributed by atoms with van der Waals surface area (Å²) in [4.78, 5) is 43.8. The van der Waals surface area contributed by atoms with Crippen LogP contribution in [0.15, 0.2) is 54.6 Å². The number of piperazine rings is 1. The lowest BCUT2D eigenvalue weighted by molar-refractivity contribution is -0.904. The van der Waals surface area contributed by atoms with Crippen molar-refractivity contribution >= 4 is 17.7 Å². The van der Waals surface area contributed by atoms with Gasteiger partial charge in [0.15, 0.2) is 0 Å². The molecule has 0 spiro atoms. The lowest BCUT2D eigenvalue weighted by Gasteiger charge is -2.36. The van der Waals surface area contributed by atoms with E-state index in [2.05, 4.69) is 0 Å². The zero-order chi connectivity index (χ0) is 21.1. The fourth-order valence-electron chi connectivity index (χ4n) is 4.28. The Morgan fingerprint density at radius 1 is 0.933 bits per heavy atom. The average Bonchev–Trinajstić information content (AvgIpc) is 3.03. The van der Waals surface area contributed by atoms with Gasteiger partial charge in [-0.3, -0.25) is 19.3 Å². The molecule has 156 valence electrons. The van der Waals surface area contributed by atoms with Crippen LogP contribution in [0.2, 0.25) is 0 Å². The molecule has 1 saturated heterocycles. The first-order valence-electron chi connectivity index (χ1n) is 10.3. The number of imide groups is 1. The molecule has 0 bridgehead atoms. The summed E-state index contributed by atoms with van der Waals surface area (Å²) < 4.78 is 0. The fraction of sp³-hybridized carbons (Fsp3) is 0.348. The second-order valence-electron chi connectivity index (χ2n) is 7.78. The number of carbonyl (C=O) groups excluding carboxylic acids is 3. The summed E-state index contributed by atoms with van der Waals surface area (Å²) in [5.74, 6) is -1.01. The van der Waals surface area contributed by atoms with Crippen LogP contribution in [0.5, 0.6) is 0 Å². The molecule has 30 heavy (non-hydrogen) atoms. The van der Waals surface area contributed by atoms with Crippen LogP contribution in [0.4, 0.5) is 0 Å². The van der Waals surface area contributed by atoms with Crippen LogP contribution < -0.4 is 4.90 Å². The van der Waals surface area contributed by atoms with Crippen molar-refractivity contribution in [1.82, 2.24) is 9.80 Å². The third-order valence-electron chi connectivity index (χ3n) is 5.94. The second-order valence-corrected chi connectivity index (χ2v) is 7.78. The Bertz CT molecular complexity index is 903. The Kier molecular flexibility index (Phi) is 5.92. The highest BCUT2D eigenvalue weighted by atomic mass is 16.3. The number of amides is 3. The monoisotopic (exact) mass is 408 g/mol. The molecule has 4 rings (SSSR count). The minimum absolute atomic E-state index is 0.120. The van der Waals surface area contributed by atoms with E-state index in [1.165, 1.54) is 4.90 Å². The number of hydrogen-bond acceptors (Lipinski definition) is 4. The van der Waals surface area contributed by atoms with Crippen LogP contribution >= 0.6 is 0 Å². The number of aliphatic hydroxyl groups is 1. The number of rotatable bonds is 6. The van der Waals surface area contributed by atoms with Gasteiger partial charge in [0.2, 0.25) is 5.91 Å². The maximum atomic E-state index is 13.5. The van der Waals surface area contributed by atoms with Crippen molar-refractivity contribution in [2.24, 2.45) is 0 Å². The van der Waals surface area contributed by atoms with E-state index in [1.54, 1.807) is 29.2 Å². The topological polar surface area (TPSA) is 82.4 Å². The quantitative estimate of drug-likeness (QED) is 0.638. The van der Waals surface area contributed by atoms with E-state index in [0.29, 0.717) is 30.8 Å². The minimum Gasteiger partial charge on any atom is -0.391 e. The summed E-state index contributed by atoms with van der Waals surface area (Å²) >= 11 is 0. The molecule has 0 aliphatic carbocycles. The van der Waals surface area contributed by atoms with Crippen molar-refractivity contribution in [3.8, 4) is 0 Å². The van der Waals surface area contributed by atoms with Crippen molar-refractivity contribution in [2.75, 3.05) is 39.3 Å². The molecule has 2 aliphatic rings. The van der Waals surface area contributed by atoms with Crippen LogP contribution in [-0.4, -0.2) is 78.0 Å². The Morgan fingerprint density at radius 3 is 2.07 bits per heavy atom. The normalized spacial score (nSPS) is 17.9. The Morgan fingerprint density at radius 2 is 1.50 bits per heavy atom. The number of nitrogens with one attached hydrogen (secondary N) is 1. The number of hydrogen-bond donors (Lipinski definition) is 2. The van der Waals surface area contributed by atoms with Crippen LogP contribution in [0, 0.1) is 0 Å². The molecular weight excluding hydrogens is 382 g/mol. The van der Waals surface area contributed by atoms with Gasteiger partial charge in [-0.15, -0.1) is 0 Å². The highest BCUT2D eigenvalue weighted by Crippen LogP contribution is 2.26. The van der Waals surface area contributed by atoms with E-state index >= 15 is 0 Å². The maximum absolute atomic E-state index is 13.5. The second kappa shape index (κ2) is 8.77. The van der Waals surface area contributed by atoms with E-state index in [9.17, 15) is 14.4 Å². The summed E-state index contributed by atoms with van der Waals surface area (Å²) in [5, 5.41) is 9.15. The number of fused-ring (bicyclic) bond motifs is 1. The molecule has 2 aromatic carbocycles. The number of benzene rings is 2. The van der Waals surface area contributed by atoms with E-state index in [-0.39, 0.29) is 18.9 Å². The molecule has 2 aliphatic heterocycles. The zero-order valence-corrected chi connectivity index (χ0v) is 16.8. The number of aliphatic hydroxyl groups excluding tert-OH is 1. The summed E-state index contributed by atoms with van der Waals surface area (Å²) in [7, 11) is 0. The van der Waals surface area contributed by atoms with Gasteiger partial charge < -0.3 is 14.9 Å². The molecule has 7 nitrogen and oxygen atoms in total. The standard InChI is InChI=1S/C23H25N3O4/c27-15-14-24-10-12-25(13-11-24)23(30)20(16-17-6-2-1-3-7-17)26-21(28)18-8-4-5-9-19(18)22(26)29/h1-9,20,27H,10-16H2/p+1/t20-/m0/s1. The van der Waals surface area contributed by atoms with Gasteiger partial charge in [-0.05, 0) is 17.7 Å². The van der Waals surface area contributed by atoms with E-state index in [0.717, 1.165) is 23.6 Å². The summed E-state index contributed by atoms with van der Waals surface area (Å²) in [5.41, 5.74) is 1.60. The Labute approximate surface area is 175 Å². The minimum atomic E-state index is -0.876. The van der Waals surface area contributed by atoms with Gasteiger partial charge in [0.25, 0.3) is 11.8 Å². The number of nitrogens with zero attached hydrogens (tertiary/aromatic N) is 2. The predicted octanol–water partition coefficient (Wildman–Crippen LogP) is -0.387. The Hall–Kier alpha value is -3.03. The third-order valence-corrected chi connectivity index (χ3v) is 5.94. The summed E-state index contributed by atoms with van der Waals surface area (Å²) in [6.07, 6.45) is 0.287. The van der Waals surface area contributed by atoms with Crippen LogP contribution in [0.25, 0.3) is 0 Å². The molecule has 1 fully saturated rings. The molecule has 2 N–H and O–H groups in total. The first-order valence-corrected chi connectivity index (χ1v) is 10.3. The number of carbonyl (C=O) groups is 3. The van der Waals surface area contributed by atoms with Gasteiger partial charge in [0.1, 0.15) is 12.6 Å². The molecule has 2 aromatic rings. The van der Waals surface area contributed by atoms with Crippen molar-refractivity contribution in [1.29, 1.82) is 0 Å². The average molecular weight is 408 g/mol. The van der Waals surface area contributed by atoms with Gasteiger partial charge in [-0.2, -0.15) is 0 Å². The maximum Gasteiger partial charge on any atom is 0.262 e. The Balaban J connectivity index is 1.60. The lowest BCUT2D eigenvalue weighted by atomic mass is 10.0. The molecule has 7 heteroatoms. The highest BCUT2D eigenvalue weighted by Gasteiger charge is 2.44.